The lowest BCUT2D eigenvalue weighted by molar-refractivity contribution is 0.0696. The normalized spacial score (nSPS) is 10.7. The van der Waals surface area contributed by atoms with E-state index in [1.54, 1.807) is 19.2 Å². The summed E-state index contributed by atoms with van der Waals surface area (Å²) in [6, 6.07) is 14.9. The highest BCUT2D eigenvalue weighted by molar-refractivity contribution is 5.97. The molecule has 0 fully saturated rings. The molecule has 0 aliphatic carbocycles. The van der Waals surface area contributed by atoms with Crippen molar-refractivity contribution >= 4 is 16.9 Å². The van der Waals surface area contributed by atoms with Crippen LogP contribution in [0.1, 0.15) is 10.4 Å². The van der Waals surface area contributed by atoms with Crippen LogP contribution in [0.2, 0.25) is 0 Å². The fourth-order valence-corrected chi connectivity index (χ4v) is 2.31. The molecule has 0 amide bonds. The van der Waals surface area contributed by atoms with Gasteiger partial charge >= 0.3 is 5.97 Å². The smallest absolute Gasteiger partial charge is 0.335 e. The van der Waals surface area contributed by atoms with Crippen LogP contribution in [0.15, 0.2) is 54.7 Å². The Kier molecular flexibility index (Phi) is 2.91. The van der Waals surface area contributed by atoms with Gasteiger partial charge in [-0.25, -0.2) is 4.79 Å². The van der Waals surface area contributed by atoms with Gasteiger partial charge in [0.1, 0.15) is 5.75 Å². The topological polar surface area (TPSA) is 51.5 Å². The summed E-state index contributed by atoms with van der Waals surface area (Å²) < 4.78 is 7.24. The lowest BCUT2D eigenvalue weighted by Crippen LogP contribution is -1.99. The molecule has 0 unspecified atom stereocenters. The molecule has 0 atom stereocenters. The second kappa shape index (κ2) is 4.74. The van der Waals surface area contributed by atoms with Crippen LogP contribution in [0.25, 0.3) is 16.6 Å². The molecule has 3 aromatic rings. The van der Waals surface area contributed by atoms with Gasteiger partial charge in [-0.1, -0.05) is 18.2 Å². The van der Waals surface area contributed by atoms with Crippen molar-refractivity contribution in [3.63, 3.8) is 0 Å². The van der Waals surface area contributed by atoms with Crippen molar-refractivity contribution in [3.05, 3.63) is 60.3 Å². The fourth-order valence-electron chi connectivity index (χ4n) is 2.31. The highest BCUT2D eigenvalue weighted by Crippen LogP contribution is 2.30. The van der Waals surface area contributed by atoms with E-state index < -0.39 is 5.97 Å². The number of rotatable bonds is 3. The van der Waals surface area contributed by atoms with E-state index in [9.17, 15) is 9.90 Å². The molecule has 20 heavy (non-hydrogen) atoms. The zero-order valence-corrected chi connectivity index (χ0v) is 10.9. The van der Waals surface area contributed by atoms with Crippen molar-refractivity contribution in [3.8, 4) is 11.4 Å². The predicted molar refractivity (Wildman–Crippen MR) is 76.8 cm³/mol. The molecular weight excluding hydrogens is 254 g/mol. The number of nitrogens with zero attached hydrogens (tertiary/aromatic N) is 1. The summed E-state index contributed by atoms with van der Waals surface area (Å²) in [6.45, 7) is 0. The Morgan fingerprint density at radius 2 is 1.90 bits per heavy atom. The maximum atomic E-state index is 11.2. The molecule has 0 aliphatic rings. The standard InChI is InChI=1S/C16H13NO3/c1-20-15-10-11(16(18)19)9-14-13(15)7-8-17(14)12-5-3-2-4-6-12/h2-10H,1H3,(H,18,19). The molecule has 0 spiro atoms. The largest absolute Gasteiger partial charge is 0.496 e. The van der Waals surface area contributed by atoms with Gasteiger partial charge in [-0.3, -0.25) is 0 Å². The van der Waals surface area contributed by atoms with Crippen LogP contribution in [-0.4, -0.2) is 22.8 Å². The number of ether oxygens (including phenoxy) is 1. The number of hydrogen-bond acceptors (Lipinski definition) is 2. The summed E-state index contributed by atoms with van der Waals surface area (Å²) in [5, 5.41) is 10.1. The van der Waals surface area contributed by atoms with Crippen LogP contribution in [0.3, 0.4) is 0 Å². The zero-order chi connectivity index (χ0) is 14.1. The molecular formula is C16H13NO3. The van der Waals surface area contributed by atoms with Crippen molar-refractivity contribution in [2.45, 2.75) is 0 Å². The number of methoxy groups -OCH3 is 1. The van der Waals surface area contributed by atoms with E-state index in [0.717, 1.165) is 16.6 Å². The van der Waals surface area contributed by atoms with Crippen LogP contribution in [0, 0.1) is 0 Å². The number of benzene rings is 2. The van der Waals surface area contributed by atoms with E-state index in [1.165, 1.54) is 0 Å². The maximum Gasteiger partial charge on any atom is 0.335 e. The van der Waals surface area contributed by atoms with Crippen molar-refractivity contribution < 1.29 is 14.6 Å². The Balaban J connectivity index is 2.30. The van der Waals surface area contributed by atoms with Crippen LogP contribution in [0.5, 0.6) is 5.75 Å². The van der Waals surface area contributed by atoms with Gasteiger partial charge in [-0.05, 0) is 30.3 Å². The first-order valence-electron chi connectivity index (χ1n) is 6.18. The Bertz CT molecular complexity index is 775. The molecule has 4 heteroatoms. The Morgan fingerprint density at radius 3 is 2.55 bits per heavy atom. The lowest BCUT2D eigenvalue weighted by atomic mass is 10.1. The molecule has 1 N–H and O–H groups in total. The Morgan fingerprint density at radius 1 is 1.15 bits per heavy atom. The minimum absolute atomic E-state index is 0.213. The van der Waals surface area contributed by atoms with Gasteiger partial charge in [-0.15, -0.1) is 0 Å². The number of carboxylic acids is 1. The first-order chi connectivity index (χ1) is 9.70. The van der Waals surface area contributed by atoms with Crippen LogP contribution >= 0.6 is 0 Å². The molecule has 0 bridgehead atoms. The molecule has 0 radical (unpaired) electrons. The number of hydrogen-bond donors (Lipinski definition) is 1. The third kappa shape index (κ3) is 1.91. The van der Waals surface area contributed by atoms with E-state index in [1.807, 2.05) is 47.2 Å². The van der Waals surface area contributed by atoms with Crippen molar-refractivity contribution in [1.29, 1.82) is 0 Å². The van der Waals surface area contributed by atoms with Crippen LogP contribution < -0.4 is 4.74 Å². The van der Waals surface area contributed by atoms with Gasteiger partial charge in [0.05, 0.1) is 18.2 Å². The van der Waals surface area contributed by atoms with Gasteiger partial charge in [0.25, 0.3) is 0 Å². The molecule has 0 aliphatic heterocycles. The fraction of sp³-hybridized carbons (Fsp3) is 0.0625. The predicted octanol–water partition coefficient (Wildman–Crippen LogP) is 3.34. The number of para-hydroxylation sites is 1. The number of aromatic carboxylic acids is 1. The molecule has 1 aromatic heterocycles. The van der Waals surface area contributed by atoms with E-state index in [4.69, 9.17) is 4.74 Å². The van der Waals surface area contributed by atoms with Gasteiger partial charge in [0.15, 0.2) is 0 Å². The molecule has 3 rings (SSSR count). The van der Waals surface area contributed by atoms with Crippen LogP contribution in [0.4, 0.5) is 0 Å². The average molecular weight is 267 g/mol. The van der Waals surface area contributed by atoms with Gasteiger partial charge in [-0.2, -0.15) is 0 Å². The molecule has 2 aromatic carbocycles. The van der Waals surface area contributed by atoms with E-state index in [0.29, 0.717) is 5.75 Å². The van der Waals surface area contributed by atoms with Crippen molar-refractivity contribution in [2.24, 2.45) is 0 Å². The summed E-state index contributed by atoms with van der Waals surface area (Å²) in [6.07, 6.45) is 1.91. The van der Waals surface area contributed by atoms with E-state index >= 15 is 0 Å². The summed E-state index contributed by atoms with van der Waals surface area (Å²) >= 11 is 0. The summed E-state index contributed by atoms with van der Waals surface area (Å²) in [4.78, 5) is 11.2. The quantitative estimate of drug-likeness (QED) is 0.791. The first-order valence-corrected chi connectivity index (χ1v) is 6.18. The van der Waals surface area contributed by atoms with Crippen LogP contribution in [-0.2, 0) is 0 Å². The number of carbonyl (C=O) groups is 1. The van der Waals surface area contributed by atoms with Crippen molar-refractivity contribution in [2.75, 3.05) is 7.11 Å². The minimum atomic E-state index is -0.967. The summed E-state index contributed by atoms with van der Waals surface area (Å²) in [5.41, 5.74) is 2.00. The monoisotopic (exact) mass is 267 g/mol. The second-order valence-electron chi connectivity index (χ2n) is 4.44. The van der Waals surface area contributed by atoms with E-state index in [-0.39, 0.29) is 5.56 Å². The highest BCUT2D eigenvalue weighted by atomic mass is 16.5. The zero-order valence-electron chi connectivity index (χ0n) is 10.9. The molecule has 1 heterocycles. The molecule has 100 valence electrons. The molecule has 0 saturated heterocycles. The second-order valence-corrected chi connectivity index (χ2v) is 4.44. The van der Waals surface area contributed by atoms with Gasteiger partial charge < -0.3 is 14.4 Å². The third-order valence-corrected chi connectivity index (χ3v) is 3.27. The third-order valence-electron chi connectivity index (χ3n) is 3.27. The molecule has 4 nitrogen and oxygen atoms in total. The number of carboxylic acid groups (broad SMARTS) is 1. The van der Waals surface area contributed by atoms with Gasteiger partial charge in [0.2, 0.25) is 0 Å². The first kappa shape index (κ1) is 12.3. The molecule has 0 saturated carbocycles. The Hall–Kier alpha value is -2.75. The Labute approximate surface area is 115 Å². The van der Waals surface area contributed by atoms with Gasteiger partial charge in [0, 0.05) is 17.3 Å². The van der Waals surface area contributed by atoms with Crippen molar-refractivity contribution in [1.82, 2.24) is 4.57 Å². The summed E-state index contributed by atoms with van der Waals surface area (Å²) in [7, 11) is 1.54. The maximum absolute atomic E-state index is 11.2. The number of aromatic nitrogens is 1. The minimum Gasteiger partial charge on any atom is -0.496 e. The summed E-state index contributed by atoms with van der Waals surface area (Å²) in [5.74, 6) is -0.402. The highest BCUT2D eigenvalue weighted by Gasteiger charge is 2.13. The van der Waals surface area contributed by atoms with E-state index in [2.05, 4.69) is 0 Å². The SMILES string of the molecule is COc1cc(C(=O)O)cc2c1ccn2-c1ccccc1. The average Bonchev–Trinajstić information content (AvgIpc) is 2.91. The number of fused-ring (bicyclic) bond motifs is 1. The lowest BCUT2D eigenvalue weighted by Gasteiger charge is -2.08.